The highest BCUT2D eigenvalue weighted by Gasteiger charge is 2.41. The lowest BCUT2D eigenvalue weighted by molar-refractivity contribution is 0.0153. The number of nitrogens with one attached hydrogen (secondary N) is 2. The average molecular weight is 481 g/mol. The summed E-state index contributed by atoms with van der Waals surface area (Å²) in [5.74, 6) is -0.806. The average Bonchev–Trinajstić information content (AvgIpc) is 3.08. The minimum absolute atomic E-state index is 0.0226. The number of benzene rings is 1. The molecule has 1 saturated heterocycles. The smallest absolute Gasteiger partial charge is 0.219 e. The highest BCUT2D eigenvalue weighted by molar-refractivity contribution is 7.77. The van der Waals surface area contributed by atoms with Crippen LogP contribution in [0.1, 0.15) is 50.5 Å². The molecule has 10 heteroatoms. The molecule has 4 rings (SSSR count). The number of hydrogen-bond acceptors (Lipinski definition) is 5. The number of rotatable bonds is 7. The number of H-pyrrole nitrogens is 1. The van der Waals surface area contributed by atoms with E-state index in [1.807, 2.05) is 13.0 Å². The lowest BCUT2D eigenvalue weighted by atomic mass is 9.82. The second kappa shape index (κ2) is 10.4. The molecule has 2 aliphatic rings. The van der Waals surface area contributed by atoms with Gasteiger partial charge < -0.3 is 19.2 Å². The molecular weight excluding hydrogens is 452 g/mol. The van der Waals surface area contributed by atoms with Crippen LogP contribution in [0.25, 0.3) is 0 Å². The first-order valence-electron chi connectivity index (χ1n) is 11.2. The van der Waals surface area contributed by atoms with Gasteiger partial charge in [0.15, 0.2) is 0 Å². The van der Waals surface area contributed by atoms with Gasteiger partial charge >= 0.3 is 0 Å². The zero-order valence-electron chi connectivity index (χ0n) is 18.3. The largest absolute Gasteiger partial charge is 0.760 e. The van der Waals surface area contributed by atoms with Gasteiger partial charge in [0.25, 0.3) is 0 Å². The minimum Gasteiger partial charge on any atom is -0.760 e. The fraction of sp³-hybridized carbons (Fsp3) is 0.522. The molecule has 4 atom stereocenters. The van der Waals surface area contributed by atoms with Gasteiger partial charge in [-0.25, -0.2) is 9.11 Å². The normalized spacial score (nSPS) is 28.7. The second-order valence-electron chi connectivity index (χ2n) is 8.88. The quantitative estimate of drug-likeness (QED) is 0.594. The van der Waals surface area contributed by atoms with Crippen molar-refractivity contribution in [2.75, 3.05) is 11.5 Å². The summed E-state index contributed by atoms with van der Waals surface area (Å²) in [6.45, 7) is 2.04. The molecule has 7 nitrogen and oxygen atoms in total. The van der Waals surface area contributed by atoms with Crippen LogP contribution in [0.15, 0.2) is 41.3 Å². The lowest BCUT2D eigenvalue weighted by Crippen LogP contribution is -2.48. The van der Waals surface area contributed by atoms with Gasteiger partial charge in [0.1, 0.15) is 11.6 Å². The fourth-order valence-electron chi connectivity index (χ4n) is 5.19. The molecule has 0 spiro atoms. The Kier molecular flexibility index (Phi) is 7.58. The Morgan fingerprint density at radius 2 is 2.00 bits per heavy atom. The van der Waals surface area contributed by atoms with Crippen molar-refractivity contribution in [3.05, 3.63) is 63.9 Å². The summed E-state index contributed by atoms with van der Waals surface area (Å²) in [6.07, 6.45) is 5.14. The molecule has 0 radical (unpaired) electrons. The van der Waals surface area contributed by atoms with Crippen molar-refractivity contribution < 1.29 is 22.3 Å². The van der Waals surface area contributed by atoms with E-state index in [0.717, 1.165) is 37.3 Å². The molecule has 1 saturated carbocycles. The van der Waals surface area contributed by atoms with Gasteiger partial charge in [-0.2, -0.15) is 4.39 Å². The lowest BCUT2D eigenvalue weighted by Gasteiger charge is -2.35. The van der Waals surface area contributed by atoms with Crippen LogP contribution in [-0.2, 0) is 16.0 Å². The van der Waals surface area contributed by atoms with E-state index in [4.69, 9.17) is 4.74 Å². The monoisotopic (exact) mass is 480 g/mol. The van der Waals surface area contributed by atoms with E-state index in [-0.39, 0.29) is 36.3 Å². The summed E-state index contributed by atoms with van der Waals surface area (Å²) in [5.41, 5.74) is 0.269. The number of aromatic amines is 1. The van der Waals surface area contributed by atoms with E-state index in [1.54, 1.807) is 17.0 Å². The number of pyridine rings is 1. The van der Waals surface area contributed by atoms with Crippen molar-refractivity contribution in [1.29, 1.82) is 0 Å². The van der Waals surface area contributed by atoms with E-state index in [1.165, 1.54) is 12.3 Å². The van der Waals surface area contributed by atoms with Gasteiger partial charge in [-0.3, -0.25) is 9.00 Å². The van der Waals surface area contributed by atoms with Crippen molar-refractivity contribution >= 4 is 17.1 Å². The van der Waals surface area contributed by atoms with Gasteiger partial charge in [-0.05, 0) is 62.6 Å². The molecule has 0 amide bonds. The number of anilines is 1. The molecule has 1 aliphatic heterocycles. The minimum atomic E-state index is -2.49. The molecule has 2 N–H and O–H groups in total. The van der Waals surface area contributed by atoms with Gasteiger partial charge in [0, 0.05) is 35.6 Å². The first-order valence-corrected chi connectivity index (χ1v) is 12.3. The number of halogens is 2. The molecule has 2 aromatic rings. The molecule has 1 aliphatic carbocycles. The summed E-state index contributed by atoms with van der Waals surface area (Å²) in [7, 11) is 0. The number of ether oxygens (including phenoxy) is 1. The summed E-state index contributed by atoms with van der Waals surface area (Å²) >= 11 is -2.49. The van der Waals surface area contributed by atoms with E-state index < -0.39 is 34.6 Å². The standard InChI is InChI=1S/C23H29F2N3O4S/c1-14-11-19(27-33(30)31)20(28(14)23-22(25)21(29)9-10-26-23)13-32-18-7-5-15(6-8-18)16-3-2-4-17(24)12-16/h2-4,9-10,12,14-15,18-20,27H,5-8,11,13H2,1H3,(H,26,29)(H,30,31)/p-1/t14-,15?,18?,19+,20+/m1/s1. The number of nitrogens with zero attached hydrogens (tertiary/aromatic N) is 1. The van der Waals surface area contributed by atoms with E-state index in [0.29, 0.717) is 6.42 Å². The van der Waals surface area contributed by atoms with Crippen LogP contribution in [0.2, 0.25) is 0 Å². The third kappa shape index (κ3) is 5.51. The Morgan fingerprint density at radius 3 is 2.70 bits per heavy atom. The molecule has 2 heterocycles. The van der Waals surface area contributed by atoms with Crippen molar-refractivity contribution in [2.45, 2.75) is 69.2 Å². The second-order valence-corrected chi connectivity index (χ2v) is 9.59. The van der Waals surface area contributed by atoms with E-state index in [9.17, 15) is 22.3 Å². The predicted octanol–water partition coefficient (Wildman–Crippen LogP) is 3.12. The van der Waals surface area contributed by atoms with Crippen LogP contribution in [0.3, 0.4) is 0 Å². The molecule has 180 valence electrons. The van der Waals surface area contributed by atoms with Gasteiger partial charge in [-0.1, -0.05) is 12.1 Å². The molecule has 1 unspecified atom stereocenters. The van der Waals surface area contributed by atoms with Crippen LogP contribution >= 0.6 is 0 Å². The maximum atomic E-state index is 14.6. The molecule has 33 heavy (non-hydrogen) atoms. The van der Waals surface area contributed by atoms with Gasteiger partial charge in [0.2, 0.25) is 11.2 Å². The highest BCUT2D eigenvalue weighted by Crippen LogP contribution is 2.36. The summed E-state index contributed by atoms with van der Waals surface area (Å²) in [6, 6.07) is 6.63. The van der Waals surface area contributed by atoms with E-state index in [2.05, 4.69) is 9.71 Å². The maximum absolute atomic E-state index is 14.6. The zero-order chi connectivity index (χ0) is 23.5. The third-order valence-electron chi connectivity index (χ3n) is 6.77. The first kappa shape index (κ1) is 24.0. The number of hydrogen-bond donors (Lipinski definition) is 2. The Labute approximate surface area is 194 Å². The SMILES string of the molecule is C[C@@H]1C[C@H](NS(=O)[O-])[C@H](COC2CCC(c3cccc(F)c3)CC2)N1c1[nH]ccc(=O)c1F. The summed E-state index contributed by atoms with van der Waals surface area (Å²) in [4.78, 5) is 16.4. The van der Waals surface area contributed by atoms with Crippen LogP contribution in [0.4, 0.5) is 14.6 Å². The summed E-state index contributed by atoms with van der Waals surface area (Å²) in [5, 5.41) is 0. The Morgan fingerprint density at radius 1 is 1.24 bits per heavy atom. The Bertz CT molecular complexity index is 1040. The molecule has 1 aromatic heterocycles. The zero-order valence-corrected chi connectivity index (χ0v) is 19.2. The molecule has 2 fully saturated rings. The van der Waals surface area contributed by atoms with Crippen LogP contribution < -0.4 is 15.1 Å². The van der Waals surface area contributed by atoms with Gasteiger partial charge in [-0.15, -0.1) is 0 Å². The topological polar surface area (TPSA) is 97.5 Å². The van der Waals surface area contributed by atoms with Crippen molar-refractivity contribution in [1.82, 2.24) is 9.71 Å². The first-order chi connectivity index (χ1) is 15.8. The van der Waals surface area contributed by atoms with Crippen molar-refractivity contribution in [3.63, 3.8) is 0 Å². The molecule has 0 bridgehead atoms. The Hall–Kier alpha value is -2.14. The number of aromatic nitrogens is 1. The third-order valence-corrected chi connectivity index (χ3v) is 7.27. The van der Waals surface area contributed by atoms with E-state index >= 15 is 0 Å². The summed E-state index contributed by atoms with van der Waals surface area (Å²) < 4.78 is 59.6. The van der Waals surface area contributed by atoms with Crippen LogP contribution in [0.5, 0.6) is 0 Å². The Balaban J connectivity index is 1.44. The maximum Gasteiger partial charge on any atom is 0.219 e. The van der Waals surface area contributed by atoms with Crippen molar-refractivity contribution in [3.8, 4) is 0 Å². The van der Waals surface area contributed by atoms with Crippen molar-refractivity contribution in [2.24, 2.45) is 0 Å². The van der Waals surface area contributed by atoms with Crippen LogP contribution in [-0.4, -0.2) is 44.6 Å². The predicted molar refractivity (Wildman–Crippen MR) is 121 cm³/mol. The van der Waals surface area contributed by atoms with Crippen LogP contribution in [0, 0.1) is 11.6 Å². The molecular formula is C23H28F2N3O4S-. The highest BCUT2D eigenvalue weighted by atomic mass is 32.2. The van der Waals surface area contributed by atoms with Gasteiger partial charge in [0.05, 0.1) is 18.8 Å². The molecule has 1 aromatic carbocycles. The fourth-order valence-corrected chi connectivity index (χ4v) is 5.69.